The van der Waals surface area contributed by atoms with Crippen LogP contribution in [0.2, 0.25) is 0 Å². The van der Waals surface area contributed by atoms with Crippen LogP contribution in [0.15, 0.2) is 82.8 Å². The summed E-state index contributed by atoms with van der Waals surface area (Å²) in [5.41, 5.74) is 3.20. The van der Waals surface area contributed by atoms with Crippen molar-refractivity contribution in [2.75, 3.05) is 31.1 Å². The number of benzene rings is 2. The van der Waals surface area contributed by atoms with Crippen molar-refractivity contribution >= 4 is 25.9 Å². The summed E-state index contributed by atoms with van der Waals surface area (Å²) in [4.78, 5) is 6.56. The van der Waals surface area contributed by atoms with E-state index in [0.29, 0.717) is 0 Å². The molecular formula is C26H33N3O6S2. The highest BCUT2D eigenvalue weighted by atomic mass is 32.2. The van der Waals surface area contributed by atoms with Gasteiger partial charge in [0.1, 0.15) is 0 Å². The molecule has 2 aliphatic heterocycles. The fourth-order valence-electron chi connectivity index (χ4n) is 4.28. The Morgan fingerprint density at radius 3 is 1.62 bits per heavy atom. The van der Waals surface area contributed by atoms with Crippen molar-refractivity contribution in [3.05, 3.63) is 84.2 Å². The minimum atomic E-state index is -4.02. The van der Waals surface area contributed by atoms with Gasteiger partial charge in [0.15, 0.2) is 0 Å². The molecule has 37 heavy (non-hydrogen) atoms. The van der Waals surface area contributed by atoms with E-state index in [1.54, 1.807) is 24.3 Å². The second-order valence-corrected chi connectivity index (χ2v) is 12.2. The molecule has 2 atom stereocenters. The summed E-state index contributed by atoms with van der Waals surface area (Å²) in [6.07, 6.45) is 5.23. The van der Waals surface area contributed by atoms with Crippen molar-refractivity contribution in [2.24, 2.45) is 11.8 Å². The minimum Gasteiger partial charge on any atom is -0.370 e. The number of hydrogen-bond donors (Lipinski definition) is 3. The lowest BCUT2D eigenvalue weighted by atomic mass is 9.86. The molecule has 2 unspecified atom stereocenters. The van der Waals surface area contributed by atoms with Gasteiger partial charge in [0.05, 0.1) is 21.7 Å². The molecule has 3 N–H and O–H groups in total. The smallest absolute Gasteiger partial charge is 0.294 e. The molecule has 9 nitrogen and oxygen atoms in total. The monoisotopic (exact) mass is 547 g/mol. The molecule has 0 amide bonds. The molecule has 2 fully saturated rings. The zero-order valence-corrected chi connectivity index (χ0v) is 22.5. The van der Waals surface area contributed by atoms with Crippen molar-refractivity contribution in [1.29, 1.82) is 0 Å². The van der Waals surface area contributed by atoms with Crippen LogP contribution in [-0.4, -0.2) is 57.1 Å². The van der Waals surface area contributed by atoms with Gasteiger partial charge in [0, 0.05) is 19.3 Å². The number of aryl methyl sites for hydroxylation is 2. The summed E-state index contributed by atoms with van der Waals surface area (Å²) in [5, 5.41) is 3.52. The van der Waals surface area contributed by atoms with Crippen LogP contribution in [0.1, 0.15) is 17.5 Å². The summed E-state index contributed by atoms with van der Waals surface area (Å²) in [6, 6.07) is 16.2. The van der Waals surface area contributed by atoms with E-state index in [2.05, 4.69) is 21.3 Å². The highest BCUT2D eigenvalue weighted by molar-refractivity contribution is 7.86. The highest BCUT2D eigenvalue weighted by Crippen LogP contribution is 2.27. The van der Waals surface area contributed by atoms with Crippen LogP contribution in [0.3, 0.4) is 0 Å². The molecule has 1 aromatic heterocycles. The third-order valence-corrected chi connectivity index (χ3v) is 7.87. The number of fused-ring (bicyclic) bond motifs is 2. The molecule has 11 heteroatoms. The van der Waals surface area contributed by atoms with Crippen molar-refractivity contribution in [3.63, 3.8) is 0 Å². The Morgan fingerprint density at radius 2 is 1.24 bits per heavy atom. The zero-order chi connectivity index (χ0) is 27.1. The predicted octanol–water partition coefficient (Wildman–Crippen LogP) is 3.61. The number of aromatic nitrogens is 1. The first-order chi connectivity index (χ1) is 17.4. The maximum atomic E-state index is 10.5. The van der Waals surface area contributed by atoms with E-state index in [4.69, 9.17) is 9.11 Å². The van der Waals surface area contributed by atoms with Gasteiger partial charge in [-0.2, -0.15) is 16.8 Å². The van der Waals surface area contributed by atoms with Gasteiger partial charge in [0.2, 0.25) is 0 Å². The van der Waals surface area contributed by atoms with Crippen molar-refractivity contribution in [2.45, 2.75) is 30.1 Å². The molecule has 3 aromatic rings. The third kappa shape index (κ3) is 9.20. The van der Waals surface area contributed by atoms with E-state index in [0.717, 1.165) is 23.0 Å². The SMILES string of the molecule is Cc1ccc(S(=O)(=O)O)cc1.Cc1ccc(S(=O)(=O)O)cc1.c1cncc(N2CC3CNCC(C3)C2)c1. The second-order valence-electron chi connectivity index (χ2n) is 9.32. The third-order valence-electron chi connectivity index (χ3n) is 6.14. The molecule has 0 spiro atoms. The molecule has 0 aliphatic carbocycles. The first-order valence-corrected chi connectivity index (χ1v) is 14.7. The Bertz CT molecular complexity index is 1260. The lowest BCUT2D eigenvalue weighted by Gasteiger charge is -2.42. The predicted molar refractivity (Wildman–Crippen MR) is 143 cm³/mol. The van der Waals surface area contributed by atoms with Crippen LogP contribution in [0.4, 0.5) is 5.69 Å². The number of piperidine rings is 2. The Morgan fingerprint density at radius 1 is 0.784 bits per heavy atom. The molecule has 5 rings (SSSR count). The summed E-state index contributed by atoms with van der Waals surface area (Å²) in [7, 11) is -8.04. The molecule has 2 aliphatic rings. The molecule has 2 bridgehead atoms. The summed E-state index contributed by atoms with van der Waals surface area (Å²) in [6.45, 7) is 8.44. The average Bonchev–Trinajstić information content (AvgIpc) is 2.85. The van der Waals surface area contributed by atoms with Gasteiger partial charge in [-0.1, -0.05) is 35.4 Å². The van der Waals surface area contributed by atoms with Gasteiger partial charge >= 0.3 is 0 Å². The van der Waals surface area contributed by atoms with E-state index in [1.807, 2.05) is 32.3 Å². The van der Waals surface area contributed by atoms with Crippen LogP contribution in [0.25, 0.3) is 0 Å². The van der Waals surface area contributed by atoms with Gasteiger partial charge in [-0.25, -0.2) is 0 Å². The molecule has 0 saturated carbocycles. The first kappa shape index (κ1) is 28.7. The fourth-order valence-corrected chi connectivity index (χ4v) is 5.24. The van der Waals surface area contributed by atoms with Crippen molar-refractivity contribution in [1.82, 2.24) is 10.3 Å². The van der Waals surface area contributed by atoms with Gasteiger partial charge < -0.3 is 10.2 Å². The van der Waals surface area contributed by atoms with Crippen LogP contribution >= 0.6 is 0 Å². The van der Waals surface area contributed by atoms with Crippen LogP contribution in [0, 0.1) is 25.7 Å². The summed E-state index contributed by atoms with van der Waals surface area (Å²) < 4.78 is 59.1. The van der Waals surface area contributed by atoms with E-state index >= 15 is 0 Å². The number of anilines is 1. The molecule has 2 aromatic carbocycles. The molecule has 0 radical (unpaired) electrons. The lowest BCUT2D eigenvalue weighted by molar-refractivity contribution is 0.249. The summed E-state index contributed by atoms with van der Waals surface area (Å²) in [5.74, 6) is 1.66. The van der Waals surface area contributed by atoms with Gasteiger partial charge in [-0.15, -0.1) is 0 Å². The van der Waals surface area contributed by atoms with E-state index < -0.39 is 20.2 Å². The number of pyridine rings is 1. The zero-order valence-electron chi connectivity index (χ0n) is 20.9. The van der Waals surface area contributed by atoms with Gasteiger partial charge in [-0.3, -0.25) is 14.1 Å². The number of nitrogens with one attached hydrogen (secondary N) is 1. The quantitative estimate of drug-likeness (QED) is 0.420. The summed E-state index contributed by atoms with van der Waals surface area (Å²) >= 11 is 0. The maximum absolute atomic E-state index is 10.5. The van der Waals surface area contributed by atoms with E-state index in [1.165, 1.54) is 62.6 Å². The van der Waals surface area contributed by atoms with Crippen LogP contribution in [0.5, 0.6) is 0 Å². The van der Waals surface area contributed by atoms with Gasteiger partial charge in [-0.05, 0) is 81.6 Å². The highest BCUT2D eigenvalue weighted by Gasteiger charge is 2.30. The topological polar surface area (TPSA) is 137 Å². The second kappa shape index (κ2) is 12.6. The first-order valence-electron chi connectivity index (χ1n) is 11.9. The molecule has 200 valence electrons. The van der Waals surface area contributed by atoms with Crippen molar-refractivity contribution < 1.29 is 25.9 Å². The average molecular weight is 548 g/mol. The molecule has 2 saturated heterocycles. The lowest BCUT2D eigenvalue weighted by Crippen LogP contribution is -2.51. The largest absolute Gasteiger partial charge is 0.370 e. The normalized spacial score (nSPS) is 19.1. The Hall–Kier alpha value is -2.83. The van der Waals surface area contributed by atoms with Crippen LogP contribution < -0.4 is 10.2 Å². The van der Waals surface area contributed by atoms with E-state index in [9.17, 15) is 16.8 Å². The fraction of sp³-hybridized carbons (Fsp3) is 0.346. The standard InChI is InChI=1S/C12H17N3.2C7H8O3S/c1-2-12(7-13-3-1)15-8-10-4-11(9-15)6-14-5-10;2*1-6-2-4-7(5-3-6)11(8,9)10/h1-3,7,10-11,14H,4-6,8-9H2;2*2-5H,1H3,(H,8,9,10). The van der Waals surface area contributed by atoms with Crippen molar-refractivity contribution in [3.8, 4) is 0 Å². The van der Waals surface area contributed by atoms with Crippen LogP contribution in [-0.2, 0) is 20.2 Å². The Balaban J connectivity index is 0.000000158. The Labute approximate surface area is 219 Å². The number of rotatable bonds is 3. The molecular weight excluding hydrogens is 514 g/mol. The van der Waals surface area contributed by atoms with E-state index in [-0.39, 0.29) is 9.79 Å². The minimum absolute atomic E-state index is 0.0666. The number of hydrogen-bond acceptors (Lipinski definition) is 7. The maximum Gasteiger partial charge on any atom is 0.294 e. The Kier molecular flexibility index (Phi) is 9.80. The number of nitrogens with zero attached hydrogens (tertiary/aromatic N) is 2. The van der Waals surface area contributed by atoms with Gasteiger partial charge in [0.25, 0.3) is 20.2 Å². The molecule has 3 heterocycles.